The molecule has 1 aromatic heterocycles. The predicted octanol–water partition coefficient (Wildman–Crippen LogP) is 3.52. The van der Waals surface area contributed by atoms with Crippen molar-refractivity contribution in [2.24, 2.45) is 0 Å². The molecule has 1 N–H and O–H groups in total. The quantitative estimate of drug-likeness (QED) is 0.857. The van der Waals surface area contributed by atoms with Crippen LogP contribution in [0.15, 0.2) is 23.6 Å². The fraction of sp³-hybridized carbons (Fsp3) is 0.438. The van der Waals surface area contributed by atoms with Gasteiger partial charge >= 0.3 is 0 Å². The Balaban J connectivity index is 2.01. The number of thioether (sulfide) groups is 1. The van der Waals surface area contributed by atoms with Crippen molar-refractivity contribution in [2.75, 3.05) is 11.1 Å². The maximum atomic E-state index is 12.2. The number of nitrogens with zero attached hydrogens (tertiary/aromatic N) is 3. The van der Waals surface area contributed by atoms with Gasteiger partial charge in [0.25, 0.3) is 0 Å². The van der Waals surface area contributed by atoms with Crippen LogP contribution < -0.4 is 5.32 Å². The molecule has 118 valence electrons. The highest BCUT2D eigenvalue weighted by Crippen LogP contribution is 2.23. The number of aromatic nitrogens is 3. The van der Waals surface area contributed by atoms with Crippen molar-refractivity contribution in [1.29, 1.82) is 0 Å². The Hall–Kier alpha value is -1.82. The summed E-state index contributed by atoms with van der Waals surface area (Å²) in [7, 11) is 0. The summed E-state index contributed by atoms with van der Waals surface area (Å²) < 4.78 is 1.96. The number of rotatable bonds is 5. The van der Waals surface area contributed by atoms with Crippen LogP contribution in [0.4, 0.5) is 5.69 Å². The lowest BCUT2D eigenvalue weighted by atomic mass is 10.1. The van der Waals surface area contributed by atoms with Crippen LogP contribution in [0.2, 0.25) is 0 Å². The number of carbonyl (C=O) groups is 1. The molecule has 1 aromatic carbocycles. The van der Waals surface area contributed by atoms with Crippen molar-refractivity contribution < 1.29 is 4.79 Å². The normalized spacial score (nSPS) is 11.0. The summed E-state index contributed by atoms with van der Waals surface area (Å²) in [5.74, 6) is 0.288. The topological polar surface area (TPSA) is 59.8 Å². The number of benzene rings is 1. The van der Waals surface area contributed by atoms with E-state index in [0.29, 0.717) is 5.75 Å². The second kappa shape index (κ2) is 6.96. The first-order chi connectivity index (χ1) is 10.4. The van der Waals surface area contributed by atoms with E-state index in [1.54, 1.807) is 6.33 Å². The highest BCUT2D eigenvalue weighted by molar-refractivity contribution is 7.99. The van der Waals surface area contributed by atoms with E-state index in [9.17, 15) is 4.79 Å². The van der Waals surface area contributed by atoms with Crippen LogP contribution in [0.25, 0.3) is 0 Å². The summed E-state index contributed by atoms with van der Waals surface area (Å²) in [6.07, 6.45) is 1.69. The summed E-state index contributed by atoms with van der Waals surface area (Å²) in [5.41, 5.74) is 4.27. The first-order valence-electron chi connectivity index (χ1n) is 7.28. The number of hydrogen-bond acceptors (Lipinski definition) is 4. The summed E-state index contributed by atoms with van der Waals surface area (Å²) in [5, 5.41) is 11.7. The second-order valence-electron chi connectivity index (χ2n) is 5.73. The predicted molar refractivity (Wildman–Crippen MR) is 90.4 cm³/mol. The average molecular weight is 318 g/mol. The van der Waals surface area contributed by atoms with Crippen molar-refractivity contribution in [2.45, 2.75) is 45.8 Å². The van der Waals surface area contributed by atoms with Crippen molar-refractivity contribution in [1.82, 2.24) is 14.8 Å². The second-order valence-corrected chi connectivity index (χ2v) is 6.67. The van der Waals surface area contributed by atoms with Crippen molar-refractivity contribution in [3.63, 3.8) is 0 Å². The van der Waals surface area contributed by atoms with Gasteiger partial charge in [-0.1, -0.05) is 29.5 Å². The molecule has 1 amide bonds. The van der Waals surface area contributed by atoms with E-state index < -0.39 is 0 Å². The van der Waals surface area contributed by atoms with Crippen LogP contribution in [0, 0.1) is 20.8 Å². The summed E-state index contributed by atoms with van der Waals surface area (Å²) in [6, 6.07) is 4.43. The fourth-order valence-corrected chi connectivity index (χ4v) is 3.22. The van der Waals surface area contributed by atoms with E-state index in [1.807, 2.05) is 18.4 Å². The van der Waals surface area contributed by atoms with Crippen LogP contribution in [-0.2, 0) is 4.79 Å². The van der Waals surface area contributed by atoms with Gasteiger partial charge < -0.3 is 9.88 Å². The van der Waals surface area contributed by atoms with E-state index in [4.69, 9.17) is 0 Å². The largest absolute Gasteiger partial charge is 0.325 e. The number of nitrogens with one attached hydrogen (secondary N) is 1. The molecule has 22 heavy (non-hydrogen) atoms. The molecule has 5 nitrogen and oxygen atoms in total. The maximum absolute atomic E-state index is 12.2. The van der Waals surface area contributed by atoms with Gasteiger partial charge in [0.15, 0.2) is 5.16 Å². The first kappa shape index (κ1) is 16.5. The number of amides is 1. The SMILES string of the molecule is Cc1cc(C)c(NC(=O)CSc2nncn2C(C)C)c(C)c1. The summed E-state index contributed by atoms with van der Waals surface area (Å²) >= 11 is 1.40. The highest BCUT2D eigenvalue weighted by Gasteiger charge is 2.12. The summed E-state index contributed by atoms with van der Waals surface area (Å²) in [4.78, 5) is 12.2. The minimum atomic E-state index is -0.0293. The van der Waals surface area contributed by atoms with E-state index >= 15 is 0 Å². The number of aryl methyl sites for hydroxylation is 3. The van der Waals surface area contributed by atoms with Gasteiger partial charge in [-0.3, -0.25) is 4.79 Å². The smallest absolute Gasteiger partial charge is 0.234 e. The Labute approximate surface area is 135 Å². The minimum absolute atomic E-state index is 0.0293. The van der Waals surface area contributed by atoms with Gasteiger partial charge in [0.05, 0.1) is 5.75 Å². The first-order valence-corrected chi connectivity index (χ1v) is 8.27. The molecule has 6 heteroatoms. The van der Waals surface area contributed by atoms with Crippen molar-refractivity contribution >= 4 is 23.4 Å². The molecule has 0 aliphatic carbocycles. The number of carbonyl (C=O) groups excluding carboxylic acids is 1. The molecular formula is C16H22N4OS. The van der Waals surface area contributed by atoms with Crippen LogP contribution in [-0.4, -0.2) is 26.4 Å². The van der Waals surface area contributed by atoms with Crippen molar-refractivity contribution in [3.05, 3.63) is 35.2 Å². The number of anilines is 1. The fourth-order valence-electron chi connectivity index (χ4n) is 2.37. The molecule has 0 atom stereocenters. The van der Waals surface area contributed by atoms with Gasteiger partial charge in [0.1, 0.15) is 6.33 Å². The van der Waals surface area contributed by atoms with Gasteiger partial charge in [0.2, 0.25) is 5.91 Å². The molecular weight excluding hydrogens is 296 g/mol. The molecule has 2 rings (SSSR count). The van der Waals surface area contributed by atoms with Gasteiger partial charge in [-0.25, -0.2) is 0 Å². The Morgan fingerprint density at radius 3 is 2.50 bits per heavy atom. The molecule has 0 radical (unpaired) electrons. The molecule has 2 aromatic rings. The molecule has 0 bridgehead atoms. The monoisotopic (exact) mass is 318 g/mol. The minimum Gasteiger partial charge on any atom is -0.325 e. The van der Waals surface area contributed by atoms with Gasteiger partial charge in [-0.2, -0.15) is 0 Å². The lowest BCUT2D eigenvalue weighted by Crippen LogP contribution is -2.16. The van der Waals surface area contributed by atoms with E-state index in [0.717, 1.165) is 22.0 Å². The summed E-state index contributed by atoms with van der Waals surface area (Å²) in [6.45, 7) is 10.2. The average Bonchev–Trinajstić information content (AvgIpc) is 2.89. The van der Waals surface area contributed by atoms with E-state index in [1.165, 1.54) is 17.3 Å². The zero-order valence-corrected chi connectivity index (χ0v) is 14.5. The Bertz CT molecular complexity index is 656. The molecule has 0 fully saturated rings. The van der Waals surface area contributed by atoms with Crippen LogP contribution in [0.5, 0.6) is 0 Å². The molecule has 1 heterocycles. The molecule has 0 spiro atoms. The molecule has 0 aliphatic heterocycles. The van der Waals surface area contributed by atoms with E-state index in [-0.39, 0.29) is 11.9 Å². The zero-order valence-electron chi connectivity index (χ0n) is 13.7. The van der Waals surface area contributed by atoms with Crippen molar-refractivity contribution in [3.8, 4) is 0 Å². The van der Waals surface area contributed by atoms with Gasteiger partial charge in [-0.15, -0.1) is 10.2 Å². The van der Waals surface area contributed by atoms with Crippen LogP contribution in [0.3, 0.4) is 0 Å². The third-order valence-electron chi connectivity index (χ3n) is 3.37. The molecule has 0 aliphatic rings. The lowest BCUT2D eigenvalue weighted by molar-refractivity contribution is -0.113. The lowest BCUT2D eigenvalue weighted by Gasteiger charge is -2.13. The van der Waals surface area contributed by atoms with Crippen LogP contribution >= 0.6 is 11.8 Å². The molecule has 0 unspecified atom stereocenters. The number of hydrogen-bond donors (Lipinski definition) is 1. The van der Waals surface area contributed by atoms with Gasteiger partial charge in [-0.05, 0) is 45.7 Å². The van der Waals surface area contributed by atoms with Gasteiger partial charge in [0, 0.05) is 11.7 Å². The maximum Gasteiger partial charge on any atom is 0.234 e. The highest BCUT2D eigenvalue weighted by atomic mass is 32.2. The van der Waals surface area contributed by atoms with Crippen LogP contribution in [0.1, 0.15) is 36.6 Å². The molecule has 0 saturated heterocycles. The Kier molecular flexibility index (Phi) is 5.24. The third kappa shape index (κ3) is 3.88. The Morgan fingerprint density at radius 2 is 1.91 bits per heavy atom. The molecule has 0 saturated carbocycles. The van der Waals surface area contributed by atoms with E-state index in [2.05, 4.69) is 48.4 Å². The Morgan fingerprint density at radius 1 is 1.27 bits per heavy atom. The third-order valence-corrected chi connectivity index (χ3v) is 4.33. The standard InChI is InChI=1S/C16H22N4OS/c1-10(2)20-9-17-19-16(20)22-8-14(21)18-15-12(4)6-11(3)7-13(15)5/h6-7,9-10H,8H2,1-5H3,(H,18,21). The zero-order chi connectivity index (χ0) is 16.3.